The highest BCUT2D eigenvalue weighted by molar-refractivity contribution is 6.34. The number of likely N-dealkylation sites (tertiary alicyclic amines) is 1. The Kier molecular flexibility index (Phi) is 7.10. The Bertz CT molecular complexity index is 691. The van der Waals surface area contributed by atoms with E-state index >= 15 is 0 Å². The molecule has 3 amide bonds. The van der Waals surface area contributed by atoms with E-state index in [0.717, 1.165) is 51.6 Å². The van der Waals surface area contributed by atoms with Gasteiger partial charge in [-0.1, -0.05) is 23.2 Å². The lowest BCUT2D eigenvalue weighted by atomic mass is 9.82. The van der Waals surface area contributed by atoms with E-state index < -0.39 is 0 Å². The maximum atomic E-state index is 12.7. The molecule has 1 saturated carbocycles. The highest BCUT2D eigenvalue weighted by Gasteiger charge is 2.29. The number of halogens is 2. The summed E-state index contributed by atoms with van der Waals surface area (Å²) in [7, 11) is 1.86. The lowest BCUT2D eigenvalue weighted by molar-refractivity contribution is -0.130. The van der Waals surface area contributed by atoms with Crippen molar-refractivity contribution in [3.63, 3.8) is 0 Å². The predicted octanol–water partition coefficient (Wildman–Crippen LogP) is 4.67. The number of amides is 3. The van der Waals surface area contributed by atoms with Crippen molar-refractivity contribution < 1.29 is 9.59 Å². The topological polar surface area (TPSA) is 52.7 Å². The van der Waals surface area contributed by atoms with Crippen LogP contribution in [0.15, 0.2) is 18.2 Å². The minimum atomic E-state index is -0.00414. The van der Waals surface area contributed by atoms with Gasteiger partial charge in [0.15, 0.2) is 0 Å². The van der Waals surface area contributed by atoms with Crippen molar-refractivity contribution >= 4 is 35.1 Å². The van der Waals surface area contributed by atoms with Gasteiger partial charge < -0.3 is 15.1 Å². The summed E-state index contributed by atoms with van der Waals surface area (Å²) in [6.45, 7) is 3.06. The zero-order valence-electron chi connectivity index (χ0n) is 16.6. The maximum absolute atomic E-state index is 12.7. The number of hydrogen-bond donors (Lipinski definition) is 1. The molecular formula is C21H29Cl2N3O2. The molecule has 5 nitrogen and oxygen atoms in total. The first-order valence-electron chi connectivity index (χ1n) is 10.1. The maximum Gasteiger partial charge on any atom is 0.317 e. The molecule has 154 valence electrons. The molecule has 1 aliphatic carbocycles. The van der Waals surface area contributed by atoms with Crippen LogP contribution in [0.3, 0.4) is 0 Å². The average Bonchev–Trinajstić information content (AvgIpc) is 2.67. The summed E-state index contributed by atoms with van der Waals surface area (Å²) in [5, 5.41) is 4.55. The van der Waals surface area contributed by atoms with Gasteiger partial charge in [-0.05, 0) is 68.2 Å². The number of nitrogens with zero attached hydrogens (tertiary/aromatic N) is 2. The number of urea groups is 1. The summed E-state index contributed by atoms with van der Waals surface area (Å²) in [4.78, 5) is 27.8. The molecule has 7 heteroatoms. The molecule has 3 rings (SSSR count). The van der Waals surface area contributed by atoms with Crippen molar-refractivity contribution in [1.29, 1.82) is 0 Å². The van der Waals surface area contributed by atoms with Gasteiger partial charge in [-0.25, -0.2) is 4.79 Å². The highest BCUT2D eigenvalue weighted by Crippen LogP contribution is 2.35. The summed E-state index contributed by atoms with van der Waals surface area (Å²) >= 11 is 12.3. The van der Waals surface area contributed by atoms with Crippen LogP contribution in [0.1, 0.15) is 56.9 Å². The van der Waals surface area contributed by atoms with Gasteiger partial charge in [0, 0.05) is 49.2 Å². The molecule has 1 heterocycles. The van der Waals surface area contributed by atoms with Crippen LogP contribution in [0, 0.1) is 0 Å². The van der Waals surface area contributed by atoms with E-state index in [2.05, 4.69) is 5.32 Å². The van der Waals surface area contributed by atoms with Crippen LogP contribution in [0.2, 0.25) is 10.0 Å². The zero-order valence-corrected chi connectivity index (χ0v) is 18.1. The van der Waals surface area contributed by atoms with Crippen molar-refractivity contribution in [2.45, 2.75) is 63.5 Å². The van der Waals surface area contributed by atoms with Crippen LogP contribution in [-0.4, -0.2) is 54.0 Å². The third kappa shape index (κ3) is 5.32. The fourth-order valence-corrected chi connectivity index (χ4v) is 4.94. The van der Waals surface area contributed by atoms with E-state index in [4.69, 9.17) is 23.2 Å². The van der Waals surface area contributed by atoms with Crippen LogP contribution < -0.4 is 5.32 Å². The predicted molar refractivity (Wildman–Crippen MR) is 113 cm³/mol. The first-order valence-corrected chi connectivity index (χ1v) is 10.8. The van der Waals surface area contributed by atoms with Gasteiger partial charge in [0.2, 0.25) is 5.91 Å². The van der Waals surface area contributed by atoms with Gasteiger partial charge in [-0.3, -0.25) is 4.79 Å². The molecule has 1 aromatic carbocycles. The molecule has 0 spiro atoms. The fraction of sp³-hybridized carbons (Fsp3) is 0.619. The molecule has 28 heavy (non-hydrogen) atoms. The van der Waals surface area contributed by atoms with E-state index in [1.54, 1.807) is 13.0 Å². The van der Waals surface area contributed by atoms with E-state index in [1.165, 1.54) is 5.56 Å². The molecule has 1 saturated heterocycles. The largest absolute Gasteiger partial charge is 0.343 e. The van der Waals surface area contributed by atoms with Gasteiger partial charge in [-0.2, -0.15) is 0 Å². The fourth-order valence-electron chi connectivity index (χ4n) is 4.39. The van der Waals surface area contributed by atoms with Gasteiger partial charge in [0.25, 0.3) is 0 Å². The second kappa shape index (κ2) is 9.36. The lowest BCUT2D eigenvalue weighted by Crippen LogP contribution is -2.51. The number of nitrogens with one attached hydrogen (secondary N) is 1. The Hall–Kier alpha value is -1.46. The first kappa shape index (κ1) is 21.3. The Morgan fingerprint density at radius 2 is 1.57 bits per heavy atom. The zero-order chi connectivity index (χ0) is 20.3. The summed E-state index contributed by atoms with van der Waals surface area (Å²) < 4.78 is 0. The first-order chi connectivity index (χ1) is 13.3. The monoisotopic (exact) mass is 425 g/mol. The molecule has 2 aliphatic rings. The summed E-state index contributed by atoms with van der Waals surface area (Å²) in [6.07, 6.45) is 5.62. The second-order valence-electron chi connectivity index (χ2n) is 8.05. The number of rotatable bonds is 3. The lowest BCUT2D eigenvalue weighted by Gasteiger charge is -2.37. The van der Waals surface area contributed by atoms with Crippen LogP contribution in [0.25, 0.3) is 0 Å². The molecular weight excluding hydrogens is 397 g/mol. The molecule has 0 radical (unpaired) electrons. The molecule has 0 atom stereocenters. The van der Waals surface area contributed by atoms with Gasteiger partial charge in [0.1, 0.15) is 0 Å². The van der Waals surface area contributed by atoms with Crippen molar-refractivity contribution in [3.05, 3.63) is 33.8 Å². The number of piperidine rings is 1. The molecule has 2 fully saturated rings. The van der Waals surface area contributed by atoms with Gasteiger partial charge in [0.05, 0.1) is 0 Å². The molecule has 1 aromatic rings. The Balaban J connectivity index is 1.46. The number of carbonyl (C=O) groups excluding carboxylic acids is 2. The highest BCUT2D eigenvalue weighted by atomic mass is 35.5. The standard InChI is InChI=1S/C21H29Cl2N3O2/c1-14(27)26-9-7-20(8-10-26)25(2)21(28)24-19-5-3-15(4-6-19)16-11-17(22)13-18(23)12-16/h11-13,15,19-20H,3-10H2,1-2H3,(H,24,28). The number of hydrogen-bond acceptors (Lipinski definition) is 2. The third-order valence-electron chi connectivity index (χ3n) is 6.19. The van der Waals surface area contributed by atoms with E-state index in [0.29, 0.717) is 16.0 Å². The van der Waals surface area contributed by atoms with Crippen molar-refractivity contribution in [2.24, 2.45) is 0 Å². The van der Waals surface area contributed by atoms with Gasteiger partial charge in [-0.15, -0.1) is 0 Å². The average molecular weight is 426 g/mol. The second-order valence-corrected chi connectivity index (χ2v) is 8.92. The van der Waals surface area contributed by atoms with E-state index in [1.807, 2.05) is 29.0 Å². The Morgan fingerprint density at radius 3 is 2.11 bits per heavy atom. The normalized spacial score (nSPS) is 23.4. The van der Waals surface area contributed by atoms with Crippen LogP contribution in [0.5, 0.6) is 0 Å². The van der Waals surface area contributed by atoms with E-state index in [9.17, 15) is 9.59 Å². The van der Waals surface area contributed by atoms with Crippen LogP contribution >= 0.6 is 23.2 Å². The molecule has 0 aromatic heterocycles. The van der Waals surface area contributed by atoms with Crippen LogP contribution in [-0.2, 0) is 4.79 Å². The minimum Gasteiger partial charge on any atom is -0.343 e. The summed E-state index contributed by atoms with van der Waals surface area (Å²) in [5.41, 5.74) is 1.19. The SMILES string of the molecule is CC(=O)N1CCC(N(C)C(=O)NC2CCC(c3cc(Cl)cc(Cl)c3)CC2)CC1. The van der Waals surface area contributed by atoms with Crippen molar-refractivity contribution in [3.8, 4) is 0 Å². The number of benzene rings is 1. The Morgan fingerprint density at radius 1 is 1.00 bits per heavy atom. The van der Waals surface area contributed by atoms with Crippen molar-refractivity contribution in [2.75, 3.05) is 20.1 Å². The van der Waals surface area contributed by atoms with Gasteiger partial charge >= 0.3 is 6.03 Å². The van der Waals surface area contributed by atoms with Crippen molar-refractivity contribution in [1.82, 2.24) is 15.1 Å². The molecule has 0 bridgehead atoms. The molecule has 1 aliphatic heterocycles. The molecule has 0 unspecified atom stereocenters. The minimum absolute atomic E-state index is 0.00414. The number of carbonyl (C=O) groups is 2. The third-order valence-corrected chi connectivity index (χ3v) is 6.63. The smallest absolute Gasteiger partial charge is 0.317 e. The summed E-state index contributed by atoms with van der Waals surface area (Å²) in [5.74, 6) is 0.557. The summed E-state index contributed by atoms with van der Waals surface area (Å²) in [6, 6.07) is 6.15. The molecule has 1 N–H and O–H groups in total. The van der Waals surface area contributed by atoms with E-state index in [-0.39, 0.29) is 24.0 Å². The Labute approximate surface area is 177 Å². The quantitative estimate of drug-likeness (QED) is 0.764. The van der Waals surface area contributed by atoms with Crippen LogP contribution in [0.4, 0.5) is 4.79 Å².